The lowest BCUT2D eigenvalue weighted by Crippen LogP contribution is -2.29. The van der Waals surface area contributed by atoms with Crippen LogP contribution < -0.4 is 5.73 Å². The van der Waals surface area contributed by atoms with Gasteiger partial charge in [0.05, 0.1) is 0 Å². The van der Waals surface area contributed by atoms with Crippen molar-refractivity contribution < 1.29 is 17.5 Å². The fourth-order valence-electron chi connectivity index (χ4n) is 0.200. The van der Waals surface area contributed by atoms with Crippen molar-refractivity contribution in [2.75, 3.05) is 21.1 Å². The van der Waals surface area contributed by atoms with E-state index >= 15 is 0 Å². The number of hydrogen-bond donors (Lipinski definition) is 3. The number of aliphatic imine (C=N–C) groups is 1. The molecule has 0 aliphatic carbocycles. The van der Waals surface area contributed by atoms with Crippen molar-refractivity contribution in [1.82, 2.24) is 4.90 Å². The van der Waals surface area contributed by atoms with E-state index in [2.05, 4.69) is 4.99 Å². The molecule has 0 rings (SSSR count). The molecular weight excluding hydrogens is 186 g/mol. The van der Waals surface area contributed by atoms with Gasteiger partial charge < -0.3 is 10.6 Å². The first-order valence-electron chi connectivity index (χ1n) is 2.78. The highest BCUT2D eigenvalue weighted by Crippen LogP contribution is 1.68. The van der Waals surface area contributed by atoms with Crippen LogP contribution in [0.2, 0.25) is 0 Å². The third kappa shape index (κ3) is 22.9. The molecule has 12 heavy (non-hydrogen) atoms. The summed E-state index contributed by atoms with van der Waals surface area (Å²) in [5, 5.41) is 0. The second-order valence-corrected chi connectivity index (χ2v) is 2.82. The van der Waals surface area contributed by atoms with Crippen LogP contribution in [-0.4, -0.2) is 49.5 Å². The van der Waals surface area contributed by atoms with Crippen LogP contribution in [-0.2, 0) is 10.4 Å². The lowest BCUT2D eigenvalue weighted by molar-refractivity contribution is 0.381. The molecule has 0 saturated heterocycles. The number of nitrogens with zero attached hydrogens (tertiary/aromatic N) is 2. The maximum Gasteiger partial charge on any atom is 0.394 e. The first kappa shape index (κ1) is 13.7. The van der Waals surface area contributed by atoms with Gasteiger partial charge in [0.2, 0.25) is 0 Å². The molecule has 0 bridgehead atoms. The van der Waals surface area contributed by atoms with E-state index in [1.165, 1.54) is 0 Å². The van der Waals surface area contributed by atoms with Crippen LogP contribution in [0.5, 0.6) is 0 Å². The van der Waals surface area contributed by atoms with E-state index in [1.807, 2.05) is 14.1 Å². The van der Waals surface area contributed by atoms with Gasteiger partial charge in [-0.05, 0) is 0 Å². The van der Waals surface area contributed by atoms with Crippen molar-refractivity contribution in [3.8, 4) is 0 Å². The van der Waals surface area contributed by atoms with E-state index < -0.39 is 10.4 Å². The van der Waals surface area contributed by atoms with Gasteiger partial charge in [0, 0.05) is 21.1 Å². The molecule has 0 aromatic rings. The standard InChI is InChI=1S/C4H11N3.H2O4S/c1-6-4(5)7(2)3;1-5(2,3)4/h1-3H3,(H2,5,6);(H2,1,2,3,4). The van der Waals surface area contributed by atoms with Crippen LogP contribution in [0.3, 0.4) is 0 Å². The van der Waals surface area contributed by atoms with Crippen molar-refractivity contribution in [3.63, 3.8) is 0 Å². The second kappa shape index (κ2) is 5.75. The van der Waals surface area contributed by atoms with Gasteiger partial charge in [-0.25, -0.2) is 0 Å². The van der Waals surface area contributed by atoms with Crippen molar-refractivity contribution in [2.45, 2.75) is 0 Å². The lowest BCUT2D eigenvalue weighted by atomic mass is 10.8. The SMILES string of the molecule is CN=C(N)N(C)C.O=S(=O)(O)O. The van der Waals surface area contributed by atoms with E-state index in [-0.39, 0.29) is 0 Å². The minimum atomic E-state index is -4.67. The Morgan fingerprint density at radius 3 is 1.67 bits per heavy atom. The van der Waals surface area contributed by atoms with Gasteiger partial charge in [0.25, 0.3) is 0 Å². The van der Waals surface area contributed by atoms with Crippen LogP contribution in [0.1, 0.15) is 0 Å². The minimum Gasteiger partial charge on any atom is -0.370 e. The normalized spacial score (nSPS) is 11.6. The van der Waals surface area contributed by atoms with E-state index in [1.54, 1.807) is 11.9 Å². The summed E-state index contributed by atoms with van der Waals surface area (Å²) >= 11 is 0. The van der Waals surface area contributed by atoms with Gasteiger partial charge in [-0.1, -0.05) is 0 Å². The summed E-state index contributed by atoms with van der Waals surface area (Å²) in [4.78, 5) is 5.46. The molecule has 0 aromatic heterocycles. The molecule has 7 nitrogen and oxygen atoms in total. The molecule has 0 unspecified atom stereocenters. The van der Waals surface area contributed by atoms with E-state index in [9.17, 15) is 0 Å². The third-order valence-electron chi connectivity index (χ3n) is 0.687. The van der Waals surface area contributed by atoms with Crippen LogP contribution in [0.15, 0.2) is 4.99 Å². The fourth-order valence-corrected chi connectivity index (χ4v) is 0.200. The number of guanidine groups is 1. The zero-order valence-electron chi connectivity index (χ0n) is 7.09. The van der Waals surface area contributed by atoms with Crippen LogP contribution in [0, 0.1) is 0 Å². The van der Waals surface area contributed by atoms with Gasteiger partial charge in [-0.2, -0.15) is 8.42 Å². The van der Waals surface area contributed by atoms with Crippen LogP contribution in [0.25, 0.3) is 0 Å². The molecule has 0 aromatic carbocycles. The topological polar surface area (TPSA) is 116 Å². The third-order valence-corrected chi connectivity index (χ3v) is 0.687. The highest BCUT2D eigenvalue weighted by Gasteiger charge is 1.86. The maximum atomic E-state index is 8.74. The zero-order chi connectivity index (χ0) is 10.4. The van der Waals surface area contributed by atoms with Crippen molar-refractivity contribution >= 4 is 16.4 Å². The second-order valence-electron chi connectivity index (χ2n) is 1.92. The maximum absolute atomic E-state index is 8.74. The summed E-state index contributed by atoms with van der Waals surface area (Å²) in [6.45, 7) is 0. The van der Waals surface area contributed by atoms with Gasteiger partial charge in [-0.3, -0.25) is 14.1 Å². The predicted octanol–water partition coefficient (Wildman–Crippen LogP) is -1.16. The summed E-state index contributed by atoms with van der Waals surface area (Å²) in [6, 6.07) is 0. The van der Waals surface area contributed by atoms with E-state index in [0.717, 1.165) is 0 Å². The van der Waals surface area contributed by atoms with Gasteiger partial charge >= 0.3 is 10.4 Å². The molecule has 0 heterocycles. The van der Waals surface area contributed by atoms with Gasteiger partial charge in [0.1, 0.15) is 0 Å². The highest BCUT2D eigenvalue weighted by molar-refractivity contribution is 7.79. The van der Waals surface area contributed by atoms with E-state index in [0.29, 0.717) is 5.96 Å². The smallest absolute Gasteiger partial charge is 0.370 e. The molecule has 0 fully saturated rings. The Morgan fingerprint density at radius 1 is 1.42 bits per heavy atom. The average Bonchev–Trinajstić information content (AvgIpc) is 1.82. The Bertz CT molecular complexity index is 225. The first-order chi connectivity index (χ1) is 5.18. The summed E-state index contributed by atoms with van der Waals surface area (Å²) in [7, 11) is 0.694. The quantitative estimate of drug-likeness (QED) is 0.257. The summed E-state index contributed by atoms with van der Waals surface area (Å²) < 4.78 is 31.6. The minimum absolute atomic E-state index is 0.556. The number of rotatable bonds is 0. The van der Waals surface area contributed by atoms with Crippen molar-refractivity contribution in [1.29, 1.82) is 0 Å². The molecule has 74 valence electrons. The van der Waals surface area contributed by atoms with Crippen molar-refractivity contribution in [2.24, 2.45) is 10.7 Å². The Hall–Kier alpha value is -0.860. The van der Waals surface area contributed by atoms with Crippen molar-refractivity contribution in [3.05, 3.63) is 0 Å². The van der Waals surface area contributed by atoms with Crippen LogP contribution >= 0.6 is 0 Å². The van der Waals surface area contributed by atoms with Gasteiger partial charge in [0.15, 0.2) is 5.96 Å². The van der Waals surface area contributed by atoms with E-state index in [4.69, 9.17) is 23.3 Å². The molecular formula is C4H13N3O4S. The fraction of sp³-hybridized carbons (Fsp3) is 0.750. The molecule has 0 amide bonds. The molecule has 0 aliphatic rings. The summed E-state index contributed by atoms with van der Waals surface area (Å²) in [5.74, 6) is 0.556. The molecule has 0 aliphatic heterocycles. The summed E-state index contributed by atoms with van der Waals surface area (Å²) in [6.07, 6.45) is 0. The Kier molecular flexibility index (Phi) is 6.57. The number of hydrogen-bond acceptors (Lipinski definition) is 3. The molecule has 0 radical (unpaired) electrons. The molecule has 4 N–H and O–H groups in total. The largest absolute Gasteiger partial charge is 0.394 e. The lowest BCUT2D eigenvalue weighted by Gasteiger charge is -2.07. The van der Waals surface area contributed by atoms with Crippen LogP contribution in [0.4, 0.5) is 0 Å². The predicted molar refractivity (Wildman–Crippen MR) is 45.4 cm³/mol. The highest BCUT2D eigenvalue weighted by atomic mass is 32.3. The monoisotopic (exact) mass is 199 g/mol. The molecule has 0 spiro atoms. The average molecular weight is 199 g/mol. The molecule has 8 heteroatoms. The van der Waals surface area contributed by atoms with Gasteiger partial charge in [-0.15, -0.1) is 0 Å². The first-order valence-corrected chi connectivity index (χ1v) is 4.17. The summed E-state index contributed by atoms with van der Waals surface area (Å²) in [5.41, 5.74) is 5.29. The zero-order valence-corrected chi connectivity index (χ0v) is 7.91. The molecule has 0 saturated carbocycles. The Balaban J connectivity index is 0. The number of nitrogens with two attached hydrogens (primary N) is 1. The Labute approximate surface area is 71.5 Å². The Morgan fingerprint density at radius 2 is 1.67 bits per heavy atom. The molecule has 0 atom stereocenters.